The van der Waals surface area contributed by atoms with Crippen molar-refractivity contribution >= 4 is 40.2 Å². The monoisotopic (exact) mass is 1180 g/mol. The zero-order chi connectivity index (χ0) is 58.2. The van der Waals surface area contributed by atoms with Gasteiger partial charge in [0.2, 0.25) is 0 Å². The maximum Gasteiger partial charge on any atom is 0.148 e. The molecule has 0 unspecified atom stereocenters. The Hall–Kier alpha value is -2.87. The van der Waals surface area contributed by atoms with Crippen molar-refractivity contribution in [3.8, 4) is 18.2 Å². The van der Waals surface area contributed by atoms with Crippen LogP contribution < -0.4 is 0 Å². The predicted molar refractivity (Wildman–Crippen MR) is 320 cm³/mol. The molecule has 0 N–H and O–H groups in total. The van der Waals surface area contributed by atoms with E-state index in [1.165, 1.54) is 6.07 Å². The largest absolute Gasteiger partial charge is 0.368 e. The van der Waals surface area contributed by atoms with Gasteiger partial charge < -0.3 is 42.1 Å². The zero-order valence-corrected chi connectivity index (χ0v) is 56.0. The molecule has 77 heavy (non-hydrogen) atoms. The first-order valence-electron chi connectivity index (χ1n) is 28.5. The van der Waals surface area contributed by atoms with E-state index in [-0.39, 0.29) is 71.1 Å². The molecule has 0 aromatic carbocycles. The first-order chi connectivity index (χ1) is 35.7. The Kier molecular flexibility index (Phi) is 23.6. The summed E-state index contributed by atoms with van der Waals surface area (Å²) in [4.78, 5) is 0. The van der Waals surface area contributed by atoms with Crippen LogP contribution >= 0.6 is 15.9 Å². The van der Waals surface area contributed by atoms with Crippen LogP contribution in [-0.4, -0.2) is 76.1 Å². The van der Waals surface area contributed by atoms with E-state index in [0.717, 1.165) is 66.5 Å². The van der Waals surface area contributed by atoms with E-state index in [4.69, 9.17) is 28.4 Å². The van der Waals surface area contributed by atoms with Crippen LogP contribution in [0.2, 0.25) is 77.1 Å². The van der Waals surface area contributed by atoms with Gasteiger partial charge in [-0.2, -0.15) is 15.8 Å². The highest BCUT2D eigenvalue weighted by Crippen LogP contribution is 2.55. The Morgan fingerprint density at radius 2 is 0.870 bits per heavy atom. The number of hydrogen-bond donors (Lipinski definition) is 0. The van der Waals surface area contributed by atoms with Crippen LogP contribution in [0.4, 0.5) is 4.39 Å². The normalized spacial score (nSPS) is 25.6. The Morgan fingerprint density at radius 1 is 0.532 bits per heavy atom. The third-order valence-corrected chi connectivity index (χ3v) is 23.1. The molecule has 0 spiro atoms. The van der Waals surface area contributed by atoms with Crippen LogP contribution in [0.1, 0.15) is 155 Å². The summed E-state index contributed by atoms with van der Waals surface area (Å²) < 4.78 is 58.2. The third-order valence-electron chi connectivity index (χ3n) is 17.3. The first-order valence-corrected chi connectivity index (χ1v) is 40.5. The smallest absolute Gasteiger partial charge is 0.148 e. The minimum absolute atomic E-state index is 0.00450. The quantitative estimate of drug-likeness (QED) is 0.0752. The molecule has 9 atom stereocenters. The highest BCUT2D eigenvalue weighted by molar-refractivity contribution is 9.10. The van der Waals surface area contributed by atoms with Crippen LogP contribution in [0.5, 0.6) is 0 Å². The molecule has 3 aliphatic heterocycles. The summed E-state index contributed by atoms with van der Waals surface area (Å²) >= 11 is 3.67. The average molecular weight is 1180 g/mol. The van der Waals surface area contributed by atoms with Crippen LogP contribution in [0.15, 0.2) is 28.7 Å². The van der Waals surface area contributed by atoms with Gasteiger partial charge in [-0.25, -0.2) is 4.39 Å². The third kappa shape index (κ3) is 16.4. The number of rotatable bonds is 21. The van der Waals surface area contributed by atoms with Crippen molar-refractivity contribution in [1.29, 1.82) is 15.8 Å². The minimum Gasteiger partial charge on any atom is -0.368 e. The van der Waals surface area contributed by atoms with Crippen molar-refractivity contribution in [3.05, 3.63) is 68.7 Å². The lowest BCUT2D eigenvalue weighted by Crippen LogP contribution is -2.27. The van der Waals surface area contributed by atoms with Gasteiger partial charge in [-0.3, -0.25) is 0 Å². The van der Waals surface area contributed by atoms with Crippen LogP contribution in [0.3, 0.4) is 0 Å². The molecule has 0 radical (unpaired) electrons. The zero-order valence-electron chi connectivity index (χ0n) is 51.4. The fraction of sp³-hybridized carbons (Fsp3) is 0.750. The van der Waals surface area contributed by atoms with Crippen molar-refractivity contribution < 1.29 is 32.8 Å². The Balaban J connectivity index is 0.000000249. The van der Waals surface area contributed by atoms with Gasteiger partial charge in [0.15, 0.2) is 0 Å². The molecule has 3 saturated heterocycles. The molecule has 0 bridgehead atoms. The lowest BCUT2D eigenvalue weighted by molar-refractivity contribution is 0.00214. The van der Waals surface area contributed by atoms with Gasteiger partial charge in [0.05, 0.1) is 35.4 Å². The van der Waals surface area contributed by atoms with Gasteiger partial charge in [-0.1, -0.05) is 142 Å². The molecular weight excluding hydrogens is 1080 g/mol. The molecule has 3 aliphatic rings. The van der Waals surface area contributed by atoms with E-state index in [1.54, 1.807) is 4.57 Å². The Morgan fingerprint density at radius 3 is 1.23 bits per heavy atom. The number of nitriles is 3. The average Bonchev–Trinajstić information content (AvgIpc) is 4.13. The summed E-state index contributed by atoms with van der Waals surface area (Å²) in [5, 5.41) is 28.5. The Bertz CT molecular complexity index is 2400. The molecule has 3 aromatic heterocycles. The summed E-state index contributed by atoms with van der Waals surface area (Å²) in [7, 11) is -3.44. The summed E-state index contributed by atoms with van der Waals surface area (Å²) in [6, 6.07) is 17.1. The lowest BCUT2D eigenvalue weighted by Gasteiger charge is -2.30. The first kappa shape index (κ1) is 66.6. The molecule has 12 nitrogen and oxygen atoms in total. The van der Waals surface area contributed by atoms with E-state index < -0.39 is 24.2 Å². The molecule has 3 aromatic rings. The SMILES string of the molecule is CC[C@H]1O[C@@H](c2c(Br)cc(C#N)n2COCC[Si](C)(C)C)C(C)(C)[C@@H]1C.CC[C@H]1O[C@@H](c2c(F)cc(C#N)n2COCC[Si](C)(C)C)C(C)(C)[C@@H]1C.CC[C@H]1O[C@@H](c2ccc(C#N)n2COCC[Si](C)(C)C)C(C)(C)[C@@H]1C. The summed E-state index contributed by atoms with van der Waals surface area (Å²) in [5.74, 6) is 0.853. The molecule has 6 heterocycles. The van der Waals surface area contributed by atoms with Gasteiger partial charge in [-0.05, 0) is 89.3 Å². The van der Waals surface area contributed by atoms with Gasteiger partial charge >= 0.3 is 0 Å². The standard InChI is InChI=1S/C20H33BrN2O2Si.C20H33FN2O2Si.C20H34N2O2Si/c2*1-8-17-14(2)20(3,4)19(25-17)18-16(21)11-15(12-22)23(18)13-24-9-10-26(5,6)7;1-8-18-15(2)20(3,4)19(24-18)17-10-9-16(13-21)22(17)14-23-11-12-25(5,6)7/h2*11,14,17,19H,8-10,13H2,1-7H3;9-10,15,18-19H,8,11-12,14H2,1-7H3/t2*14-,17-,19+;15-,18-,19+/m111/s1. The highest BCUT2D eigenvalue weighted by Gasteiger charge is 2.52. The van der Waals surface area contributed by atoms with E-state index in [9.17, 15) is 20.2 Å². The lowest BCUT2D eigenvalue weighted by atomic mass is 9.74. The number of halogens is 2. The minimum atomic E-state index is -1.20. The van der Waals surface area contributed by atoms with Crippen LogP contribution in [0, 0.1) is 73.8 Å². The second kappa shape index (κ2) is 27.3. The van der Waals surface area contributed by atoms with Gasteiger partial charge in [0.1, 0.15) is 79.6 Å². The summed E-state index contributed by atoms with van der Waals surface area (Å²) in [6.45, 7) is 50.5. The van der Waals surface area contributed by atoms with Crippen molar-refractivity contribution in [2.24, 2.45) is 34.0 Å². The second-order valence-corrected chi connectivity index (χ2v) is 45.3. The maximum atomic E-state index is 14.8. The summed E-state index contributed by atoms with van der Waals surface area (Å²) in [5.41, 5.74) is 3.90. The number of ether oxygens (including phenoxy) is 6. The van der Waals surface area contributed by atoms with Crippen molar-refractivity contribution in [1.82, 2.24) is 13.7 Å². The van der Waals surface area contributed by atoms with Gasteiger partial charge in [-0.15, -0.1) is 0 Å². The van der Waals surface area contributed by atoms with Crippen molar-refractivity contribution in [3.63, 3.8) is 0 Å². The number of aromatic nitrogens is 3. The van der Waals surface area contributed by atoms with E-state index in [0.29, 0.717) is 54.9 Å². The van der Waals surface area contributed by atoms with Crippen LogP contribution in [0.25, 0.3) is 0 Å². The predicted octanol–water partition coefficient (Wildman–Crippen LogP) is 16.5. The van der Waals surface area contributed by atoms with Gasteiger partial charge in [0.25, 0.3) is 0 Å². The molecule has 17 heteroatoms. The molecular formula is C60H100BrFN6O6Si3. The van der Waals surface area contributed by atoms with Gasteiger partial charge in [0, 0.05) is 70.8 Å². The fourth-order valence-corrected chi connectivity index (χ4v) is 13.7. The molecule has 432 valence electrons. The molecule has 6 rings (SSSR count). The van der Waals surface area contributed by atoms with Crippen molar-refractivity contribution in [2.45, 2.75) is 236 Å². The highest BCUT2D eigenvalue weighted by atomic mass is 79.9. The topological polar surface area (TPSA) is 142 Å². The number of hydrogen-bond acceptors (Lipinski definition) is 9. The van der Waals surface area contributed by atoms with E-state index in [1.807, 2.05) is 27.3 Å². The molecule has 3 fully saturated rings. The van der Waals surface area contributed by atoms with Crippen LogP contribution in [-0.2, 0) is 48.6 Å². The molecule has 0 saturated carbocycles. The Labute approximate surface area is 476 Å². The molecule has 0 amide bonds. The van der Waals surface area contributed by atoms with E-state index in [2.05, 4.69) is 176 Å². The molecule has 0 aliphatic carbocycles. The fourth-order valence-electron chi connectivity index (χ4n) is 10.8. The maximum absolute atomic E-state index is 14.8. The summed E-state index contributed by atoms with van der Waals surface area (Å²) in [6.07, 6.45) is 3.05. The number of nitrogens with zero attached hydrogens (tertiary/aromatic N) is 6. The van der Waals surface area contributed by atoms with E-state index >= 15 is 0 Å². The van der Waals surface area contributed by atoms with Crippen molar-refractivity contribution in [2.75, 3.05) is 19.8 Å². The second-order valence-electron chi connectivity index (χ2n) is 27.6.